The van der Waals surface area contributed by atoms with E-state index in [1.807, 2.05) is 12.1 Å². The number of aryl methyl sites for hydroxylation is 2. The van der Waals surface area contributed by atoms with Crippen molar-refractivity contribution in [3.63, 3.8) is 0 Å². The summed E-state index contributed by atoms with van der Waals surface area (Å²) >= 11 is 0. The summed E-state index contributed by atoms with van der Waals surface area (Å²) in [7, 11) is 0. The molecule has 0 fully saturated rings. The number of nitrogens with one attached hydrogen (secondary N) is 1. The van der Waals surface area contributed by atoms with Crippen molar-refractivity contribution in [3.8, 4) is 11.8 Å². The molecule has 0 aliphatic heterocycles. The van der Waals surface area contributed by atoms with Crippen LogP contribution in [0.2, 0.25) is 0 Å². The number of rotatable bonds is 2. The molecular formula is C13H18IN3. The van der Waals surface area contributed by atoms with E-state index >= 15 is 0 Å². The number of nitrogens with two attached hydrogens (primary N) is 1. The first-order chi connectivity index (χ1) is 7.63. The molecule has 1 rings (SSSR count). The topological polar surface area (TPSA) is 50.4 Å². The van der Waals surface area contributed by atoms with Crippen LogP contribution >= 0.6 is 24.0 Å². The fraction of sp³-hybridized carbons (Fsp3) is 0.308. The molecule has 3 nitrogen and oxygen atoms in total. The van der Waals surface area contributed by atoms with Gasteiger partial charge in [0.25, 0.3) is 0 Å². The average Bonchev–Trinajstić information content (AvgIpc) is 2.24. The second-order valence-electron chi connectivity index (χ2n) is 3.55. The van der Waals surface area contributed by atoms with Crippen molar-refractivity contribution in [2.45, 2.75) is 20.8 Å². The minimum Gasteiger partial charge on any atom is -0.370 e. The van der Waals surface area contributed by atoms with Crippen LogP contribution in [0.4, 0.5) is 5.69 Å². The van der Waals surface area contributed by atoms with Crippen LogP contribution < -0.4 is 11.1 Å². The summed E-state index contributed by atoms with van der Waals surface area (Å²) in [6.45, 7) is 6.35. The number of hydrogen-bond donors (Lipinski definition) is 2. The van der Waals surface area contributed by atoms with Gasteiger partial charge in [-0.15, -0.1) is 29.9 Å². The summed E-state index contributed by atoms with van der Waals surface area (Å²) in [5.74, 6) is 5.99. The minimum absolute atomic E-state index is 0. The van der Waals surface area contributed by atoms with Crippen LogP contribution in [0.3, 0.4) is 0 Å². The molecule has 0 amide bonds. The number of halogens is 1. The summed E-state index contributed by atoms with van der Waals surface area (Å²) in [6.07, 6.45) is 0. The quantitative estimate of drug-likeness (QED) is 0.375. The van der Waals surface area contributed by atoms with Gasteiger partial charge in [-0.25, -0.2) is 4.99 Å². The first kappa shape index (κ1) is 15.8. The van der Waals surface area contributed by atoms with Gasteiger partial charge in [0.15, 0.2) is 5.96 Å². The smallest absolute Gasteiger partial charge is 0.194 e. The van der Waals surface area contributed by atoms with Gasteiger partial charge in [-0.3, -0.25) is 0 Å². The molecular weight excluding hydrogens is 325 g/mol. The van der Waals surface area contributed by atoms with Crippen molar-refractivity contribution in [2.75, 3.05) is 11.9 Å². The molecule has 4 heteroatoms. The Bertz CT molecular complexity index is 455. The van der Waals surface area contributed by atoms with Crippen molar-refractivity contribution in [3.05, 3.63) is 29.3 Å². The third-order valence-electron chi connectivity index (χ3n) is 2.28. The lowest BCUT2D eigenvalue weighted by Crippen LogP contribution is -2.22. The van der Waals surface area contributed by atoms with Crippen LogP contribution in [0.5, 0.6) is 0 Å². The first-order valence-electron chi connectivity index (χ1n) is 5.17. The van der Waals surface area contributed by atoms with Gasteiger partial charge in [0.1, 0.15) is 6.54 Å². The molecule has 0 aliphatic carbocycles. The highest BCUT2D eigenvalue weighted by Crippen LogP contribution is 2.13. The number of aliphatic imine (C=N–C) groups is 1. The third-order valence-corrected chi connectivity index (χ3v) is 2.28. The van der Waals surface area contributed by atoms with E-state index in [1.165, 1.54) is 11.1 Å². The molecule has 1 aromatic rings. The normalized spacial score (nSPS) is 9.94. The van der Waals surface area contributed by atoms with Gasteiger partial charge >= 0.3 is 0 Å². The maximum absolute atomic E-state index is 5.71. The number of hydrogen-bond acceptors (Lipinski definition) is 1. The predicted molar refractivity (Wildman–Crippen MR) is 84.9 cm³/mol. The van der Waals surface area contributed by atoms with E-state index in [0.29, 0.717) is 12.5 Å². The molecule has 0 radical (unpaired) electrons. The van der Waals surface area contributed by atoms with Crippen molar-refractivity contribution in [2.24, 2.45) is 10.7 Å². The van der Waals surface area contributed by atoms with Crippen LogP contribution in [-0.4, -0.2) is 12.5 Å². The zero-order valence-electron chi connectivity index (χ0n) is 10.4. The van der Waals surface area contributed by atoms with Gasteiger partial charge < -0.3 is 11.1 Å². The van der Waals surface area contributed by atoms with Crippen molar-refractivity contribution in [1.82, 2.24) is 0 Å². The van der Waals surface area contributed by atoms with E-state index in [2.05, 4.69) is 42.1 Å². The lowest BCUT2D eigenvalue weighted by molar-refractivity contribution is 1.25. The van der Waals surface area contributed by atoms with Gasteiger partial charge in [-0.1, -0.05) is 12.0 Å². The minimum atomic E-state index is 0. The Kier molecular flexibility index (Phi) is 7.39. The predicted octanol–water partition coefficient (Wildman–Crippen LogP) is 2.67. The summed E-state index contributed by atoms with van der Waals surface area (Å²) < 4.78 is 0. The average molecular weight is 343 g/mol. The number of anilines is 1. The van der Waals surface area contributed by atoms with E-state index in [9.17, 15) is 0 Å². The Morgan fingerprint density at radius 2 is 2.06 bits per heavy atom. The molecule has 17 heavy (non-hydrogen) atoms. The summed E-state index contributed by atoms with van der Waals surface area (Å²) in [6, 6.07) is 6.08. The highest BCUT2D eigenvalue weighted by molar-refractivity contribution is 14.0. The summed E-state index contributed by atoms with van der Waals surface area (Å²) in [5.41, 5.74) is 9.15. The monoisotopic (exact) mass is 343 g/mol. The van der Waals surface area contributed by atoms with Gasteiger partial charge in [0.05, 0.1) is 0 Å². The fourth-order valence-corrected chi connectivity index (χ4v) is 1.21. The van der Waals surface area contributed by atoms with Crippen LogP contribution in [-0.2, 0) is 0 Å². The highest BCUT2D eigenvalue weighted by atomic mass is 127. The first-order valence-corrected chi connectivity index (χ1v) is 5.17. The lowest BCUT2D eigenvalue weighted by Gasteiger charge is -2.07. The Morgan fingerprint density at radius 1 is 1.35 bits per heavy atom. The lowest BCUT2D eigenvalue weighted by atomic mass is 10.1. The Hall–Kier alpha value is -1.22. The number of benzene rings is 1. The molecule has 0 aliphatic rings. The molecule has 0 atom stereocenters. The maximum Gasteiger partial charge on any atom is 0.194 e. The van der Waals surface area contributed by atoms with E-state index in [1.54, 1.807) is 6.92 Å². The largest absolute Gasteiger partial charge is 0.370 e. The molecule has 0 saturated carbocycles. The van der Waals surface area contributed by atoms with Crippen molar-refractivity contribution in [1.29, 1.82) is 0 Å². The Morgan fingerprint density at radius 3 is 2.65 bits per heavy atom. The highest BCUT2D eigenvalue weighted by Gasteiger charge is 1.97. The third kappa shape index (κ3) is 5.59. The zero-order chi connectivity index (χ0) is 12.0. The van der Waals surface area contributed by atoms with Crippen LogP contribution in [0.1, 0.15) is 18.1 Å². The second-order valence-corrected chi connectivity index (χ2v) is 3.55. The van der Waals surface area contributed by atoms with Crippen LogP contribution in [0.15, 0.2) is 23.2 Å². The van der Waals surface area contributed by atoms with Gasteiger partial charge in [-0.2, -0.15) is 0 Å². The molecule has 0 aromatic heterocycles. The van der Waals surface area contributed by atoms with E-state index < -0.39 is 0 Å². The fourth-order valence-electron chi connectivity index (χ4n) is 1.21. The Balaban J connectivity index is 0.00000256. The molecule has 92 valence electrons. The van der Waals surface area contributed by atoms with Crippen molar-refractivity contribution < 1.29 is 0 Å². The van der Waals surface area contributed by atoms with Gasteiger partial charge in [0.2, 0.25) is 0 Å². The Labute approximate surface area is 120 Å². The van der Waals surface area contributed by atoms with Crippen molar-refractivity contribution >= 4 is 35.6 Å². The molecule has 0 unspecified atom stereocenters. The standard InChI is InChI=1S/C13H17N3.HI/c1-4-5-8-15-13(14)16-12-7-6-10(2)11(3)9-12;/h6-7,9H,8H2,1-3H3,(H3,14,15,16);1H. The summed E-state index contributed by atoms with van der Waals surface area (Å²) in [4.78, 5) is 4.07. The van der Waals surface area contributed by atoms with E-state index in [0.717, 1.165) is 5.69 Å². The van der Waals surface area contributed by atoms with Gasteiger partial charge in [0, 0.05) is 5.69 Å². The SMILES string of the molecule is CC#CCN=C(N)Nc1ccc(C)c(C)c1.I. The zero-order valence-corrected chi connectivity index (χ0v) is 12.7. The molecule has 1 aromatic carbocycles. The van der Waals surface area contributed by atoms with E-state index in [4.69, 9.17) is 5.73 Å². The summed E-state index contributed by atoms with van der Waals surface area (Å²) in [5, 5.41) is 3.03. The van der Waals surface area contributed by atoms with Crippen LogP contribution in [0, 0.1) is 25.7 Å². The molecule has 0 spiro atoms. The number of guanidine groups is 1. The molecule has 0 saturated heterocycles. The molecule has 3 N–H and O–H groups in total. The van der Waals surface area contributed by atoms with Crippen LogP contribution in [0.25, 0.3) is 0 Å². The van der Waals surface area contributed by atoms with E-state index in [-0.39, 0.29) is 24.0 Å². The number of nitrogens with zero attached hydrogens (tertiary/aromatic N) is 1. The molecule has 0 bridgehead atoms. The molecule has 0 heterocycles. The van der Waals surface area contributed by atoms with Gasteiger partial charge in [-0.05, 0) is 44.0 Å². The second kappa shape index (κ2) is 7.96. The maximum atomic E-state index is 5.71.